The van der Waals surface area contributed by atoms with Crippen molar-refractivity contribution in [3.63, 3.8) is 0 Å². The molecule has 2 heterocycles. The van der Waals surface area contributed by atoms with Crippen molar-refractivity contribution in [1.82, 2.24) is 9.80 Å². The van der Waals surface area contributed by atoms with Crippen molar-refractivity contribution in [1.29, 1.82) is 0 Å². The third-order valence-electron chi connectivity index (χ3n) is 4.55. The molecule has 0 amide bonds. The highest BCUT2D eigenvalue weighted by atomic mass is 16.5. The first kappa shape index (κ1) is 14.8. The quantitative estimate of drug-likeness (QED) is 0.822. The zero-order valence-corrected chi connectivity index (χ0v) is 12.0. The number of ether oxygens (including phenoxy) is 1. The fraction of sp³-hybridized carbons (Fsp3) is 0.929. The zero-order valence-electron chi connectivity index (χ0n) is 12.0. The van der Waals surface area contributed by atoms with E-state index in [4.69, 9.17) is 4.74 Å². The number of rotatable bonds is 4. The maximum atomic E-state index is 11.3. The lowest BCUT2D eigenvalue weighted by molar-refractivity contribution is -0.143. The van der Waals surface area contributed by atoms with Gasteiger partial charge in [0.25, 0.3) is 0 Å². The monoisotopic (exact) mass is 270 g/mol. The third-order valence-corrected chi connectivity index (χ3v) is 4.55. The lowest BCUT2D eigenvalue weighted by Crippen LogP contribution is -2.48. The van der Waals surface area contributed by atoms with Crippen molar-refractivity contribution in [2.75, 3.05) is 39.9 Å². The molecule has 5 nitrogen and oxygen atoms in total. The van der Waals surface area contributed by atoms with Crippen molar-refractivity contribution < 1.29 is 14.6 Å². The minimum absolute atomic E-state index is 0.0518. The SMILES string of the molecule is CCN(C1CCCN(C)CC1)C1COCC1C(=O)O. The summed E-state index contributed by atoms with van der Waals surface area (Å²) in [5, 5.41) is 9.31. The second-order valence-electron chi connectivity index (χ2n) is 5.77. The average Bonchev–Trinajstić information content (AvgIpc) is 2.76. The molecule has 19 heavy (non-hydrogen) atoms. The van der Waals surface area contributed by atoms with E-state index < -0.39 is 5.97 Å². The Morgan fingerprint density at radius 3 is 2.84 bits per heavy atom. The summed E-state index contributed by atoms with van der Waals surface area (Å²) in [6, 6.07) is 0.555. The number of carbonyl (C=O) groups is 1. The molecule has 0 saturated carbocycles. The van der Waals surface area contributed by atoms with Gasteiger partial charge < -0.3 is 14.7 Å². The minimum atomic E-state index is -0.716. The number of hydrogen-bond acceptors (Lipinski definition) is 4. The molecule has 1 N–H and O–H groups in total. The van der Waals surface area contributed by atoms with E-state index in [1.807, 2.05) is 0 Å². The van der Waals surface area contributed by atoms with Crippen molar-refractivity contribution in [3.05, 3.63) is 0 Å². The molecule has 2 rings (SSSR count). The van der Waals surface area contributed by atoms with Crippen molar-refractivity contribution >= 4 is 5.97 Å². The normalized spacial score (nSPS) is 33.5. The molecular weight excluding hydrogens is 244 g/mol. The maximum absolute atomic E-state index is 11.3. The summed E-state index contributed by atoms with van der Waals surface area (Å²) in [6.45, 7) is 6.22. The summed E-state index contributed by atoms with van der Waals surface area (Å²) in [5.41, 5.74) is 0. The Morgan fingerprint density at radius 1 is 1.37 bits per heavy atom. The van der Waals surface area contributed by atoms with Crippen LogP contribution in [0.25, 0.3) is 0 Å². The van der Waals surface area contributed by atoms with Crippen LogP contribution in [-0.2, 0) is 9.53 Å². The predicted molar refractivity (Wildman–Crippen MR) is 73.2 cm³/mol. The molecule has 0 spiro atoms. The first-order valence-electron chi connectivity index (χ1n) is 7.38. The number of likely N-dealkylation sites (tertiary alicyclic amines) is 1. The largest absolute Gasteiger partial charge is 0.481 e. The molecule has 2 saturated heterocycles. The molecule has 2 aliphatic heterocycles. The molecule has 0 aromatic rings. The van der Waals surface area contributed by atoms with Gasteiger partial charge in [0.05, 0.1) is 19.1 Å². The number of aliphatic carboxylic acids is 1. The molecule has 2 aliphatic rings. The maximum Gasteiger partial charge on any atom is 0.310 e. The number of likely N-dealkylation sites (N-methyl/N-ethyl adjacent to an activating group) is 1. The van der Waals surface area contributed by atoms with Gasteiger partial charge in [-0.2, -0.15) is 0 Å². The molecular formula is C14H26N2O3. The summed E-state index contributed by atoms with van der Waals surface area (Å²) >= 11 is 0. The predicted octanol–water partition coefficient (Wildman–Crippen LogP) is 0.892. The zero-order chi connectivity index (χ0) is 13.8. The van der Waals surface area contributed by atoms with Crippen molar-refractivity contribution in [2.24, 2.45) is 5.92 Å². The van der Waals surface area contributed by atoms with E-state index in [0.717, 1.165) is 26.1 Å². The Labute approximate surface area is 115 Å². The summed E-state index contributed by atoms with van der Waals surface area (Å²) < 4.78 is 5.42. The van der Waals surface area contributed by atoms with Crippen LogP contribution in [0.3, 0.4) is 0 Å². The van der Waals surface area contributed by atoms with E-state index in [1.165, 1.54) is 12.8 Å². The van der Waals surface area contributed by atoms with Gasteiger partial charge in [-0.3, -0.25) is 9.69 Å². The van der Waals surface area contributed by atoms with Gasteiger partial charge in [-0.05, 0) is 45.9 Å². The van der Waals surface area contributed by atoms with Crippen LogP contribution in [0.5, 0.6) is 0 Å². The average molecular weight is 270 g/mol. The summed E-state index contributed by atoms with van der Waals surface area (Å²) in [6.07, 6.45) is 3.50. The van der Waals surface area contributed by atoms with Gasteiger partial charge in [-0.25, -0.2) is 0 Å². The highest BCUT2D eigenvalue weighted by molar-refractivity contribution is 5.71. The Morgan fingerprint density at radius 2 is 2.16 bits per heavy atom. The summed E-state index contributed by atoms with van der Waals surface area (Å²) in [5.74, 6) is -1.08. The second-order valence-corrected chi connectivity index (χ2v) is 5.77. The first-order valence-corrected chi connectivity index (χ1v) is 7.38. The third kappa shape index (κ3) is 3.46. The number of carboxylic acids is 1. The van der Waals surface area contributed by atoms with Crippen LogP contribution in [0.2, 0.25) is 0 Å². The van der Waals surface area contributed by atoms with Gasteiger partial charge in [-0.1, -0.05) is 6.92 Å². The highest BCUT2D eigenvalue weighted by Gasteiger charge is 2.39. The smallest absolute Gasteiger partial charge is 0.310 e. The van der Waals surface area contributed by atoms with Crippen LogP contribution in [0.1, 0.15) is 26.2 Å². The summed E-state index contributed by atoms with van der Waals surface area (Å²) in [4.78, 5) is 16.1. The molecule has 0 bridgehead atoms. The molecule has 2 fully saturated rings. The number of carboxylic acid groups (broad SMARTS) is 1. The summed E-state index contributed by atoms with van der Waals surface area (Å²) in [7, 11) is 2.16. The van der Waals surface area contributed by atoms with Crippen molar-refractivity contribution in [3.8, 4) is 0 Å². The first-order chi connectivity index (χ1) is 9.13. The molecule has 110 valence electrons. The lowest BCUT2D eigenvalue weighted by Gasteiger charge is -2.36. The molecule has 5 heteroatoms. The molecule has 0 aromatic carbocycles. The standard InChI is InChI=1S/C14H26N2O3/c1-3-16(11-5-4-7-15(2)8-6-11)13-10-19-9-12(13)14(17)18/h11-13H,3-10H2,1-2H3,(H,17,18). The van der Waals surface area contributed by atoms with Gasteiger partial charge in [-0.15, -0.1) is 0 Å². The molecule has 0 radical (unpaired) electrons. The van der Waals surface area contributed by atoms with E-state index in [0.29, 0.717) is 19.3 Å². The fourth-order valence-corrected chi connectivity index (χ4v) is 3.42. The topological polar surface area (TPSA) is 53.0 Å². The van der Waals surface area contributed by atoms with Gasteiger partial charge in [0.15, 0.2) is 0 Å². The van der Waals surface area contributed by atoms with Crippen LogP contribution in [0.15, 0.2) is 0 Å². The Kier molecular flexibility index (Phi) is 5.19. The fourth-order valence-electron chi connectivity index (χ4n) is 3.42. The number of hydrogen-bond donors (Lipinski definition) is 1. The number of nitrogens with zero attached hydrogens (tertiary/aromatic N) is 2. The molecule has 0 aromatic heterocycles. The Hall–Kier alpha value is -0.650. The molecule has 3 atom stereocenters. The Bertz CT molecular complexity index is 311. The molecule has 3 unspecified atom stereocenters. The van der Waals surface area contributed by atoms with Crippen LogP contribution in [-0.4, -0.2) is 72.9 Å². The van der Waals surface area contributed by atoms with Crippen LogP contribution in [0.4, 0.5) is 0 Å². The van der Waals surface area contributed by atoms with E-state index in [2.05, 4.69) is 23.8 Å². The van der Waals surface area contributed by atoms with Crippen LogP contribution >= 0.6 is 0 Å². The van der Waals surface area contributed by atoms with Crippen LogP contribution in [0, 0.1) is 5.92 Å². The molecule has 0 aliphatic carbocycles. The highest BCUT2D eigenvalue weighted by Crippen LogP contribution is 2.26. The van der Waals surface area contributed by atoms with Crippen LogP contribution < -0.4 is 0 Å². The lowest BCUT2D eigenvalue weighted by atomic mass is 9.98. The van der Waals surface area contributed by atoms with E-state index in [-0.39, 0.29) is 12.0 Å². The minimum Gasteiger partial charge on any atom is -0.481 e. The van der Waals surface area contributed by atoms with Crippen molar-refractivity contribution in [2.45, 2.75) is 38.3 Å². The second kappa shape index (κ2) is 6.68. The Balaban J connectivity index is 2.04. The van der Waals surface area contributed by atoms with E-state index >= 15 is 0 Å². The van der Waals surface area contributed by atoms with E-state index in [9.17, 15) is 9.90 Å². The van der Waals surface area contributed by atoms with Gasteiger partial charge in [0.2, 0.25) is 0 Å². The van der Waals surface area contributed by atoms with Gasteiger partial charge in [0, 0.05) is 12.1 Å². The van der Waals surface area contributed by atoms with Gasteiger partial charge in [0.1, 0.15) is 0 Å². The van der Waals surface area contributed by atoms with E-state index in [1.54, 1.807) is 0 Å². The van der Waals surface area contributed by atoms with Gasteiger partial charge >= 0.3 is 5.97 Å².